The van der Waals surface area contributed by atoms with Crippen LogP contribution in [0.3, 0.4) is 0 Å². The fourth-order valence-corrected chi connectivity index (χ4v) is 9.47. The van der Waals surface area contributed by atoms with Crippen LogP contribution in [0.1, 0.15) is 119 Å². The van der Waals surface area contributed by atoms with Gasteiger partial charge in [0.25, 0.3) is 15.9 Å². The number of sulfonamides is 1. The lowest BCUT2D eigenvalue weighted by atomic mass is 9.70. The lowest BCUT2D eigenvalue weighted by Crippen LogP contribution is -2.63. The van der Waals surface area contributed by atoms with Crippen LogP contribution in [-0.2, 0) is 29.2 Å². The Kier molecular flexibility index (Phi) is 15.5. The van der Waals surface area contributed by atoms with Gasteiger partial charge in [0.1, 0.15) is 12.1 Å². The maximum absolute atomic E-state index is 15.0. The molecular formula is C41H67N7O7S. The Morgan fingerprint density at radius 1 is 0.982 bits per heavy atom. The number of carbonyl (C=O) groups excluding carboxylic acids is 5. The van der Waals surface area contributed by atoms with E-state index in [2.05, 4.69) is 26.3 Å². The molecule has 3 aliphatic rings. The Hall–Kier alpha value is -3.59. The van der Waals surface area contributed by atoms with E-state index >= 15 is 0 Å². The summed E-state index contributed by atoms with van der Waals surface area (Å²) in [4.78, 5) is 75.3. The van der Waals surface area contributed by atoms with E-state index in [0.717, 1.165) is 38.5 Å². The predicted octanol–water partition coefficient (Wildman–Crippen LogP) is 4.40. The number of urea groups is 1. The van der Waals surface area contributed by atoms with Gasteiger partial charge in [-0.1, -0.05) is 93.1 Å². The zero-order valence-corrected chi connectivity index (χ0v) is 35.7. The molecule has 1 aliphatic heterocycles. The summed E-state index contributed by atoms with van der Waals surface area (Å²) in [6.45, 7) is 14.2. The van der Waals surface area contributed by atoms with Crippen molar-refractivity contribution in [2.75, 3.05) is 26.7 Å². The number of hydrogen-bond acceptors (Lipinski definition) is 8. The van der Waals surface area contributed by atoms with Gasteiger partial charge >= 0.3 is 6.03 Å². The van der Waals surface area contributed by atoms with Crippen molar-refractivity contribution in [1.82, 2.24) is 35.5 Å². The summed E-state index contributed by atoms with van der Waals surface area (Å²) in [5.74, 6) is -2.16. The van der Waals surface area contributed by atoms with Crippen molar-refractivity contribution in [3.05, 3.63) is 24.4 Å². The molecule has 14 nitrogen and oxygen atoms in total. The third-order valence-electron chi connectivity index (χ3n) is 12.4. The van der Waals surface area contributed by atoms with Crippen molar-refractivity contribution in [1.29, 1.82) is 0 Å². The summed E-state index contributed by atoms with van der Waals surface area (Å²) in [5.41, 5.74) is -1.19. The molecule has 4 rings (SSSR count). The van der Waals surface area contributed by atoms with Crippen LogP contribution in [-0.4, -0.2) is 103 Å². The van der Waals surface area contributed by atoms with Crippen molar-refractivity contribution in [2.45, 2.75) is 148 Å². The van der Waals surface area contributed by atoms with Crippen molar-refractivity contribution in [3.8, 4) is 0 Å². The number of likely N-dealkylation sites (tertiary alicyclic amines) is 1. The number of nitrogens with zero attached hydrogens (tertiary/aromatic N) is 3. The molecule has 2 saturated carbocycles. The van der Waals surface area contributed by atoms with Crippen molar-refractivity contribution < 1.29 is 32.4 Å². The molecule has 0 spiro atoms. The zero-order chi connectivity index (χ0) is 41.4. The highest BCUT2D eigenvalue weighted by Gasteiger charge is 2.50. The van der Waals surface area contributed by atoms with E-state index in [1.54, 1.807) is 17.0 Å². The molecule has 1 saturated heterocycles. The second-order valence-electron chi connectivity index (χ2n) is 18.0. The number of ketones is 1. The van der Waals surface area contributed by atoms with Crippen LogP contribution < -0.4 is 21.3 Å². The van der Waals surface area contributed by atoms with E-state index < -0.39 is 68.6 Å². The van der Waals surface area contributed by atoms with Gasteiger partial charge in [0, 0.05) is 38.9 Å². The zero-order valence-electron chi connectivity index (χ0n) is 34.9. The predicted molar refractivity (Wildman–Crippen MR) is 215 cm³/mol. The Labute approximate surface area is 334 Å². The standard InChI is InChI=1S/C41H67N7O7S/c1-9-22-43-37(51)34(49)30(25-28-16-15-17-28)44-36(50)33-29(27(2)3)19-24-48(33)38(52)35(41(7)20-12-10-13-21-41)46-39(53)45-31(40(4,5)6)26-47(8)56(54,55)32-18-11-14-23-42-32/h11,14,18,23,27-31,33,35H,9-10,12-13,15-17,19-22,24-26H2,1-8H3,(H,43,51)(H,44,50)(H2,45,46,53)/t29-,30?,31-,33+,35-/m1/s1. The van der Waals surface area contributed by atoms with Crippen LogP contribution in [0.5, 0.6) is 0 Å². The van der Waals surface area contributed by atoms with E-state index in [0.29, 0.717) is 45.2 Å². The van der Waals surface area contributed by atoms with E-state index in [-0.39, 0.29) is 35.2 Å². The van der Waals surface area contributed by atoms with Crippen LogP contribution >= 0.6 is 0 Å². The number of nitrogens with one attached hydrogen (secondary N) is 4. The molecule has 2 heterocycles. The highest BCUT2D eigenvalue weighted by molar-refractivity contribution is 7.89. The Morgan fingerprint density at radius 2 is 1.66 bits per heavy atom. The van der Waals surface area contributed by atoms with Gasteiger partial charge in [0.15, 0.2) is 5.03 Å². The lowest BCUT2D eigenvalue weighted by Gasteiger charge is -2.43. The largest absolute Gasteiger partial charge is 0.349 e. The minimum Gasteiger partial charge on any atom is -0.349 e. The molecule has 314 valence electrons. The summed E-state index contributed by atoms with van der Waals surface area (Å²) in [7, 11) is -2.50. The average Bonchev–Trinajstić information content (AvgIpc) is 3.59. The summed E-state index contributed by atoms with van der Waals surface area (Å²) in [5, 5.41) is 11.5. The smallest absolute Gasteiger partial charge is 0.315 e. The minimum atomic E-state index is -3.95. The SMILES string of the molecule is CCCNC(=O)C(=O)C(CC1CCC1)NC(=O)[C@@H]1[C@@H](C(C)C)CCN1C(=O)[C@@H](NC(=O)N[C@H](CN(C)S(=O)(=O)c1ccccn1)C(C)(C)C)C1(C)CCCCC1. The first-order chi connectivity index (χ1) is 26.3. The lowest BCUT2D eigenvalue weighted by molar-refractivity contribution is -0.145. The quantitative estimate of drug-likeness (QED) is 0.167. The number of aromatic nitrogens is 1. The third kappa shape index (κ3) is 11.1. The van der Waals surface area contributed by atoms with Crippen LogP contribution in [0.4, 0.5) is 4.79 Å². The van der Waals surface area contributed by atoms with Gasteiger partial charge in [-0.05, 0) is 72.8 Å². The Morgan fingerprint density at radius 3 is 2.21 bits per heavy atom. The molecule has 2 aliphatic carbocycles. The van der Waals surface area contributed by atoms with E-state index in [1.165, 1.54) is 23.6 Å². The molecule has 0 radical (unpaired) electrons. The molecule has 1 aromatic rings. The molecule has 4 N–H and O–H groups in total. The molecular weight excluding hydrogens is 735 g/mol. The van der Waals surface area contributed by atoms with Gasteiger partial charge in [0.05, 0.1) is 6.04 Å². The van der Waals surface area contributed by atoms with Gasteiger partial charge < -0.3 is 26.2 Å². The van der Waals surface area contributed by atoms with E-state index in [1.807, 2.05) is 48.5 Å². The average molecular weight is 802 g/mol. The fraction of sp³-hybridized carbons (Fsp3) is 0.756. The molecule has 1 unspecified atom stereocenters. The number of hydrogen-bond donors (Lipinski definition) is 4. The van der Waals surface area contributed by atoms with Gasteiger partial charge in [-0.15, -0.1) is 0 Å². The Bertz CT molecular complexity index is 1640. The second-order valence-corrected chi connectivity index (χ2v) is 20.0. The number of pyridine rings is 1. The number of likely N-dealkylation sites (N-methyl/N-ethyl adjacent to an activating group) is 1. The van der Waals surface area contributed by atoms with E-state index in [4.69, 9.17) is 0 Å². The fourth-order valence-electron chi connectivity index (χ4n) is 8.36. The molecule has 0 aromatic carbocycles. The summed E-state index contributed by atoms with van der Waals surface area (Å²) in [6, 6.07) is 0.514. The number of rotatable bonds is 17. The monoisotopic (exact) mass is 801 g/mol. The molecule has 0 bridgehead atoms. The van der Waals surface area contributed by atoms with Gasteiger partial charge in [-0.25, -0.2) is 18.2 Å². The maximum Gasteiger partial charge on any atom is 0.315 e. The summed E-state index contributed by atoms with van der Waals surface area (Å²) < 4.78 is 27.9. The molecule has 56 heavy (non-hydrogen) atoms. The molecule has 5 atom stereocenters. The Balaban J connectivity index is 1.60. The third-order valence-corrected chi connectivity index (χ3v) is 14.1. The molecule has 1 aromatic heterocycles. The van der Waals surface area contributed by atoms with Crippen LogP contribution in [0.15, 0.2) is 29.4 Å². The molecule has 3 fully saturated rings. The molecule has 15 heteroatoms. The van der Waals surface area contributed by atoms with Crippen molar-refractivity contribution >= 4 is 39.6 Å². The normalized spacial score (nSPS) is 21.8. The van der Waals surface area contributed by atoms with Gasteiger partial charge in [-0.2, -0.15) is 4.31 Å². The van der Waals surface area contributed by atoms with E-state index in [9.17, 15) is 32.4 Å². The highest BCUT2D eigenvalue weighted by Crippen LogP contribution is 2.41. The first-order valence-electron chi connectivity index (χ1n) is 20.7. The van der Waals surface area contributed by atoms with Crippen molar-refractivity contribution in [3.63, 3.8) is 0 Å². The maximum atomic E-state index is 15.0. The first-order valence-corrected chi connectivity index (χ1v) is 22.1. The van der Waals surface area contributed by atoms with Crippen LogP contribution in [0.2, 0.25) is 0 Å². The topological polar surface area (TPSA) is 187 Å². The van der Waals surface area contributed by atoms with Crippen LogP contribution in [0.25, 0.3) is 0 Å². The van der Waals surface area contributed by atoms with Crippen LogP contribution in [0, 0.1) is 28.6 Å². The minimum absolute atomic E-state index is 0.0315. The summed E-state index contributed by atoms with van der Waals surface area (Å²) in [6.07, 6.45) is 10.1. The second kappa shape index (κ2) is 19.2. The first kappa shape index (κ1) is 45.1. The highest BCUT2D eigenvalue weighted by atomic mass is 32.2. The van der Waals surface area contributed by atoms with Crippen molar-refractivity contribution in [2.24, 2.45) is 28.6 Å². The van der Waals surface area contributed by atoms with Gasteiger partial charge in [-0.3, -0.25) is 19.2 Å². The number of amides is 5. The number of carbonyl (C=O) groups is 5. The summed E-state index contributed by atoms with van der Waals surface area (Å²) >= 11 is 0. The number of Topliss-reactive ketones (excluding diaryl/α,β-unsaturated/α-hetero) is 1. The molecule has 5 amide bonds. The van der Waals surface area contributed by atoms with Gasteiger partial charge in [0.2, 0.25) is 17.6 Å².